The van der Waals surface area contributed by atoms with Gasteiger partial charge in [-0.15, -0.1) is 0 Å². The molecule has 1 heterocycles. The number of alkyl halides is 3. The van der Waals surface area contributed by atoms with E-state index < -0.39 is 23.5 Å². The standard InChI is InChI=1S/C14H15F4N3O2/c15-11-7-9(3-4-10(11)14(16,17)18)20-12(22)8-19-13(23)21-5-1-2-6-21/h3-4,7H,1-2,5-6,8H2,(H,19,23)(H,20,22). The van der Waals surface area contributed by atoms with E-state index >= 15 is 0 Å². The summed E-state index contributed by atoms with van der Waals surface area (Å²) in [6.45, 7) is 0.896. The molecule has 9 heteroatoms. The largest absolute Gasteiger partial charge is 0.419 e. The predicted molar refractivity (Wildman–Crippen MR) is 74.2 cm³/mol. The molecule has 126 valence electrons. The number of anilines is 1. The molecular formula is C14H15F4N3O2. The number of hydrogen-bond acceptors (Lipinski definition) is 2. The molecule has 1 aliphatic rings. The van der Waals surface area contributed by atoms with Crippen LogP contribution in [-0.2, 0) is 11.0 Å². The fraction of sp³-hybridized carbons (Fsp3) is 0.429. The third-order valence-electron chi connectivity index (χ3n) is 3.35. The number of nitrogens with zero attached hydrogens (tertiary/aromatic N) is 1. The Labute approximate surface area is 129 Å². The van der Waals surface area contributed by atoms with Crippen LogP contribution in [0, 0.1) is 5.82 Å². The first-order valence-electron chi connectivity index (χ1n) is 6.97. The highest BCUT2D eigenvalue weighted by Crippen LogP contribution is 2.32. The van der Waals surface area contributed by atoms with E-state index in [1.807, 2.05) is 0 Å². The van der Waals surface area contributed by atoms with E-state index in [1.165, 1.54) is 0 Å². The van der Waals surface area contributed by atoms with Gasteiger partial charge in [0.05, 0.1) is 12.1 Å². The minimum atomic E-state index is -4.80. The number of likely N-dealkylation sites (tertiary alicyclic amines) is 1. The summed E-state index contributed by atoms with van der Waals surface area (Å²) < 4.78 is 50.6. The average Bonchev–Trinajstić information content (AvgIpc) is 2.97. The van der Waals surface area contributed by atoms with Crippen LogP contribution in [0.25, 0.3) is 0 Å². The van der Waals surface area contributed by atoms with Crippen LogP contribution in [0.2, 0.25) is 0 Å². The van der Waals surface area contributed by atoms with Crippen LogP contribution in [0.3, 0.4) is 0 Å². The molecule has 0 unspecified atom stereocenters. The molecular weight excluding hydrogens is 318 g/mol. The summed E-state index contributed by atoms with van der Waals surface area (Å²) in [5.41, 5.74) is -1.52. The summed E-state index contributed by atoms with van der Waals surface area (Å²) in [5, 5.41) is 4.62. The first kappa shape index (κ1) is 17.0. The summed E-state index contributed by atoms with van der Waals surface area (Å²) in [6, 6.07) is 1.71. The van der Waals surface area contributed by atoms with Crippen molar-refractivity contribution in [3.8, 4) is 0 Å². The molecule has 0 spiro atoms. The van der Waals surface area contributed by atoms with Crippen molar-refractivity contribution in [1.82, 2.24) is 10.2 Å². The molecule has 0 aromatic heterocycles. The van der Waals surface area contributed by atoms with Crippen molar-refractivity contribution in [3.63, 3.8) is 0 Å². The van der Waals surface area contributed by atoms with E-state index in [0.717, 1.165) is 18.9 Å². The maximum atomic E-state index is 13.4. The van der Waals surface area contributed by atoms with Gasteiger partial charge in [-0.3, -0.25) is 4.79 Å². The number of carbonyl (C=O) groups excluding carboxylic acids is 2. The summed E-state index contributed by atoms with van der Waals surface area (Å²) in [4.78, 5) is 24.9. The van der Waals surface area contributed by atoms with Crippen molar-refractivity contribution in [3.05, 3.63) is 29.6 Å². The Morgan fingerprint density at radius 3 is 2.39 bits per heavy atom. The highest BCUT2D eigenvalue weighted by atomic mass is 19.4. The Morgan fingerprint density at radius 2 is 1.83 bits per heavy atom. The average molecular weight is 333 g/mol. The smallest absolute Gasteiger partial charge is 0.329 e. The number of hydrogen-bond donors (Lipinski definition) is 2. The van der Waals surface area contributed by atoms with Crippen molar-refractivity contribution < 1.29 is 27.2 Å². The quantitative estimate of drug-likeness (QED) is 0.835. The molecule has 0 saturated carbocycles. The zero-order chi connectivity index (χ0) is 17.0. The fourth-order valence-electron chi connectivity index (χ4n) is 2.22. The van der Waals surface area contributed by atoms with Gasteiger partial charge in [0.15, 0.2) is 0 Å². The molecule has 1 aromatic carbocycles. The van der Waals surface area contributed by atoms with Crippen molar-refractivity contribution in [1.29, 1.82) is 0 Å². The number of carbonyl (C=O) groups is 2. The van der Waals surface area contributed by atoms with Gasteiger partial charge in [0.2, 0.25) is 5.91 Å². The van der Waals surface area contributed by atoms with E-state index in [0.29, 0.717) is 25.2 Å². The van der Waals surface area contributed by atoms with Gasteiger partial charge in [-0.2, -0.15) is 13.2 Å². The number of benzene rings is 1. The van der Waals surface area contributed by atoms with Crippen LogP contribution >= 0.6 is 0 Å². The molecule has 0 radical (unpaired) electrons. The third kappa shape index (κ3) is 4.57. The van der Waals surface area contributed by atoms with Gasteiger partial charge in [0.1, 0.15) is 5.82 Å². The third-order valence-corrected chi connectivity index (χ3v) is 3.35. The van der Waals surface area contributed by atoms with Crippen molar-refractivity contribution >= 4 is 17.6 Å². The molecule has 0 atom stereocenters. The Morgan fingerprint density at radius 1 is 1.17 bits per heavy atom. The Kier molecular flexibility index (Phi) is 5.07. The van der Waals surface area contributed by atoms with Crippen molar-refractivity contribution in [2.75, 3.05) is 25.0 Å². The lowest BCUT2D eigenvalue weighted by atomic mass is 10.2. The monoisotopic (exact) mass is 333 g/mol. The highest BCUT2D eigenvalue weighted by Gasteiger charge is 2.34. The molecule has 1 aliphatic heterocycles. The van der Waals surface area contributed by atoms with E-state index in [1.54, 1.807) is 4.90 Å². The molecule has 23 heavy (non-hydrogen) atoms. The Balaban J connectivity index is 1.87. The van der Waals surface area contributed by atoms with Gasteiger partial charge < -0.3 is 15.5 Å². The molecule has 1 saturated heterocycles. The molecule has 0 bridgehead atoms. The zero-order valence-electron chi connectivity index (χ0n) is 12.0. The second-order valence-electron chi connectivity index (χ2n) is 5.09. The van der Waals surface area contributed by atoms with Crippen LogP contribution < -0.4 is 10.6 Å². The number of urea groups is 1. The molecule has 3 amide bonds. The van der Waals surface area contributed by atoms with Gasteiger partial charge in [0, 0.05) is 18.8 Å². The minimum absolute atomic E-state index is 0.115. The molecule has 2 rings (SSSR count). The van der Waals surface area contributed by atoms with Gasteiger partial charge in [-0.1, -0.05) is 0 Å². The minimum Gasteiger partial charge on any atom is -0.329 e. The van der Waals surface area contributed by atoms with Crippen molar-refractivity contribution in [2.24, 2.45) is 0 Å². The number of rotatable bonds is 3. The predicted octanol–water partition coefficient (Wildman–Crippen LogP) is 2.59. The van der Waals surface area contributed by atoms with Gasteiger partial charge in [0.25, 0.3) is 0 Å². The Bertz CT molecular complexity index is 598. The summed E-state index contributed by atoms with van der Waals surface area (Å²) >= 11 is 0. The molecule has 5 nitrogen and oxygen atoms in total. The van der Waals surface area contributed by atoms with Gasteiger partial charge >= 0.3 is 12.2 Å². The summed E-state index contributed by atoms with van der Waals surface area (Å²) in [7, 11) is 0. The Hall–Kier alpha value is -2.32. The molecule has 0 aliphatic carbocycles. The lowest BCUT2D eigenvalue weighted by Gasteiger charge is -2.16. The van der Waals surface area contributed by atoms with E-state index in [9.17, 15) is 27.2 Å². The van der Waals surface area contributed by atoms with Crippen LogP contribution in [-0.4, -0.2) is 36.5 Å². The second-order valence-corrected chi connectivity index (χ2v) is 5.09. The van der Waals surface area contributed by atoms with Crippen LogP contribution in [0.15, 0.2) is 18.2 Å². The van der Waals surface area contributed by atoms with Crippen LogP contribution in [0.4, 0.5) is 28.0 Å². The van der Waals surface area contributed by atoms with Crippen molar-refractivity contribution in [2.45, 2.75) is 19.0 Å². The lowest BCUT2D eigenvalue weighted by molar-refractivity contribution is -0.139. The normalized spacial score (nSPS) is 14.7. The van der Waals surface area contributed by atoms with E-state index in [2.05, 4.69) is 10.6 Å². The summed E-state index contributed by atoms with van der Waals surface area (Å²) in [5.74, 6) is -2.13. The van der Waals surface area contributed by atoms with Gasteiger partial charge in [-0.25, -0.2) is 9.18 Å². The topological polar surface area (TPSA) is 61.4 Å². The lowest BCUT2D eigenvalue weighted by Crippen LogP contribution is -2.41. The molecule has 2 N–H and O–H groups in total. The first-order chi connectivity index (χ1) is 10.8. The maximum absolute atomic E-state index is 13.4. The number of amides is 3. The van der Waals surface area contributed by atoms with Crippen LogP contribution in [0.5, 0.6) is 0 Å². The second kappa shape index (κ2) is 6.84. The molecule has 1 fully saturated rings. The summed E-state index contributed by atoms with van der Waals surface area (Å²) in [6.07, 6.45) is -2.98. The fourth-order valence-corrected chi connectivity index (χ4v) is 2.22. The zero-order valence-corrected chi connectivity index (χ0v) is 12.0. The first-order valence-corrected chi connectivity index (χ1v) is 6.97. The van der Waals surface area contributed by atoms with E-state index in [-0.39, 0.29) is 18.3 Å². The van der Waals surface area contributed by atoms with E-state index in [4.69, 9.17) is 0 Å². The number of halogens is 4. The van der Waals surface area contributed by atoms with Gasteiger partial charge in [-0.05, 0) is 31.0 Å². The maximum Gasteiger partial charge on any atom is 0.419 e. The van der Waals surface area contributed by atoms with Crippen LogP contribution in [0.1, 0.15) is 18.4 Å². The molecule has 1 aromatic rings. The number of nitrogens with one attached hydrogen (secondary N) is 2. The SMILES string of the molecule is O=C(CNC(=O)N1CCCC1)Nc1ccc(C(F)(F)F)c(F)c1. The highest BCUT2D eigenvalue weighted by molar-refractivity contribution is 5.94.